The fraction of sp³-hybridized carbons (Fsp3) is 0.0741. The van der Waals surface area contributed by atoms with E-state index >= 15 is 0 Å². The molecule has 0 saturated carbocycles. The predicted molar refractivity (Wildman–Crippen MR) is 126 cm³/mol. The first-order chi connectivity index (χ1) is 16.9. The van der Waals surface area contributed by atoms with Crippen molar-refractivity contribution in [2.45, 2.75) is 6.92 Å². The first kappa shape index (κ1) is 23.1. The molecule has 2 amide bonds. The smallest absolute Gasteiger partial charge is 0.348 e. The van der Waals surface area contributed by atoms with Crippen molar-refractivity contribution in [1.82, 2.24) is 0 Å². The summed E-state index contributed by atoms with van der Waals surface area (Å²) in [7, 11) is 0. The van der Waals surface area contributed by atoms with Crippen molar-refractivity contribution in [2.24, 2.45) is 0 Å². The van der Waals surface area contributed by atoms with Gasteiger partial charge < -0.3 is 9.47 Å². The molecule has 0 atom stereocenters. The van der Waals surface area contributed by atoms with Gasteiger partial charge in [0.2, 0.25) is 0 Å². The number of nitrogens with zero attached hydrogens (tertiary/aromatic N) is 2. The Hall–Kier alpha value is -5.03. The number of hydrogen-bond donors (Lipinski definition) is 0. The highest BCUT2D eigenvalue weighted by Crippen LogP contribution is 2.29. The minimum atomic E-state index is -0.748. The van der Waals surface area contributed by atoms with Gasteiger partial charge in [-0.2, -0.15) is 5.26 Å². The maximum Gasteiger partial charge on any atom is 0.348 e. The second-order valence-corrected chi connectivity index (χ2v) is 7.39. The van der Waals surface area contributed by atoms with Gasteiger partial charge in [0.1, 0.15) is 17.4 Å². The van der Waals surface area contributed by atoms with Crippen LogP contribution in [-0.4, -0.2) is 30.4 Å². The van der Waals surface area contributed by atoms with Gasteiger partial charge in [-0.3, -0.25) is 9.59 Å². The number of carbonyl (C=O) groups excluding carboxylic acids is 4. The highest BCUT2D eigenvalue weighted by Gasteiger charge is 2.36. The molecule has 3 aromatic rings. The normalized spacial score (nSPS) is 12.7. The summed E-state index contributed by atoms with van der Waals surface area (Å²) in [5.74, 6) is -2.22. The van der Waals surface area contributed by atoms with Crippen molar-refractivity contribution in [3.63, 3.8) is 0 Å². The van der Waals surface area contributed by atoms with E-state index in [2.05, 4.69) is 0 Å². The third kappa shape index (κ3) is 4.70. The summed E-state index contributed by atoms with van der Waals surface area (Å²) in [6, 6.07) is 20.6. The van der Waals surface area contributed by atoms with Crippen molar-refractivity contribution in [2.75, 3.05) is 11.5 Å². The molecule has 1 aliphatic heterocycles. The maximum absolute atomic E-state index is 12.8. The molecular formula is C27H18N2O6. The lowest BCUT2D eigenvalue weighted by Crippen LogP contribution is -2.29. The number of rotatable bonds is 6. The third-order valence-corrected chi connectivity index (χ3v) is 5.13. The summed E-state index contributed by atoms with van der Waals surface area (Å²) >= 11 is 0. The molecule has 35 heavy (non-hydrogen) atoms. The summed E-state index contributed by atoms with van der Waals surface area (Å²) in [6.45, 7) is 1.77. The molecule has 0 aliphatic carbocycles. The van der Waals surface area contributed by atoms with E-state index in [9.17, 15) is 24.4 Å². The van der Waals surface area contributed by atoms with Crippen molar-refractivity contribution in [3.8, 4) is 11.8 Å². The van der Waals surface area contributed by atoms with Gasteiger partial charge in [-0.15, -0.1) is 0 Å². The lowest BCUT2D eigenvalue weighted by atomic mass is 10.1. The summed E-state index contributed by atoms with van der Waals surface area (Å²) in [5, 5.41) is 9.20. The standard InChI is InChI=1S/C27H18N2O6/c1-2-34-26(32)19(16-28)13-17-7-5-10-21(14-17)35-27(33)18-8-6-9-20(15-18)29-24(30)22-11-3-4-12-23(22)25(29)31/h3-15H,2H2,1H3/b19-13+. The van der Waals surface area contributed by atoms with E-state index in [1.54, 1.807) is 67.6 Å². The van der Waals surface area contributed by atoms with Crippen molar-refractivity contribution < 1.29 is 28.7 Å². The van der Waals surface area contributed by atoms with Crippen LogP contribution < -0.4 is 9.64 Å². The first-order valence-corrected chi connectivity index (χ1v) is 10.6. The molecular weight excluding hydrogens is 448 g/mol. The number of benzene rings is 3. The Labute approximate surface area is 200 Å². The highest BCUT2D eigenvalue weighted by molar-refractivity contribution is 6.34. The number of carbonyl (C=O) groups is 4. The van der Waals surface area contributed by atoms with Gasteiger partial charge in [0.25, 0.3) is 11.8 Å². The minimum Gasteiger partial charge on any atom is -0.462 e. The highest BCUT2D eigenvalue weighted by atomic mass is 16.5. The lowest BCUT2D eigenvalue weighted by molar-refractivity contribution is -0.137. The molecule has 1 heterocycles. The van der Waals surface area contributed by atoms with Crippen LogP contribution in [0.5, 0.6) is 5.75 Å². The average molecular weight is 466 g/mol. The van der Waals surface area contributed by atoms with E-state index in [1.807, 2.05) is 0 Å². The fourth-order valence-electron chi connectivity index (χ4n) is 3.54. The predicted octanol–water partition coefficient (Wildman–Crippen LogP) is 4.18. The number of anilines is 1. The Bertz CT molecular complexity index is 1400. The van der Waals surface area contributed by atoms with Crippen LogP contribution in [0.1, 0.15) is 43.6 Å². The first-order valence-electron chi connectivity index (χ1n) is 10.6. The maximum atomic E-state index is 12.8. The molecule has 0 aromatic heterocycles. The van der Waals surface area contributed by atoms with Crippen LogP contribution in [0.3, 0.4) is 0 Å². The molecule has 8 nitrogen and oxygen atoms in total. The van der Waals surface area contributed by atoms with E-state index < -0.39 is 23.8 Å². The van der Waals surface area contributed by atoms with Crippen molar-refractivity contribution >= 4 is 35.5 Å². The Morgan fingerprint density at radius 1 is 0.943 bits per heavy atom. The fourth-order valence-corrected chi connectivity index (χ4v) is 3.54. The van der Waals surface area contributed by atoms with Crippen LogP contribution in [0, 0.1) is 11.3 Å². The van der Waals surface area contributed by atoms with Crippen LogP contribution in [0.15, 0.2) is 78.4 Å². The van der Waals surface area contributed by atoms with Gasteiger partial charge in [-0.25, -0.2) is 14.5 Å². The Morgan fingerprint density at radius 3 is 2.29 bits per heavy atom. The summed E-state index contributed by atoms with van der Waals surface area (Å²) in [4.78, 5) is 51.1. The number of hydrogen-bond acceptors (Lipinski definition) is 7. The van der Waals surface area contributed by atoms with E-state index in [0.717, 1.165) is 4.90 Å². The van der Waals surface area contributed by atoms with Gasteiger partial charge in [0, 0.05) is 0 Å². The third-order valence-electron chi connectivity index (χ3n) is 5.13. The van der Waals surface area contributed by atoms with Gasteiger partial charge in [0.15, 0.2) is 0 Å². The number of ether oxygens (including phenoxy) is 2. The van der Waals surface area contributed by atoms with Crippen molar-refractivity contribution in [3.05, 3.63) is 101 Å². The minimum absolute atomic E-state index is 0.129. The lowest BCUT2D eigenvalue weighted by Gasteiger charge is -2.15. The summed E-state index contributed by atoms with van der Waals surface area (Å²) in [6.07, 6.45) is 1.33. The largest absolute Gasteiger partial charge is 0.462 e. The quantitative estimate of drug-likeness (QED) is 0.176. The monoisotopic (exact) mass is 466 g/mol. The second-order valence-electron chi connectivity index (χ2n) is 7.39. The molecule has 0 spiro atoms. The number of amides is 2. The molecule has 8 heteroatoms. The molecule has 3 aromatic carbocycles. The molecule has 0 unspecified atom stereocenters. The number of fused-ring (bicyclic) bond motifs is 1. The SMILES string of the molecule is CCOC(=O)/C(C#N)=C/c1cccc(OC(=O)c2cccc(N3C(=O)c4ccccc4C3=O)c2)c1. The number of imide groups is 1. The molecule has 1 aliphatic rings. The zero-order chi connectivity index (χ0) is 24.9. The molecule has 0 saturated heterocycles. The Morgan fingerprint density at radius 2 is 1.63 bits per heavy atom. The zero-order valence-electron chi connectivity index (χ0n) is 18.6. The second kappa shape index (κ2) is 9.85. The Balaban J connectivity index is 1.55. The van der Waals surface area contributed by atoms with E-state index in [0.29, 0.717) is 16.7 Å². The van der Waals surface area contributed by atoms with Gasteiger partial charge >= 0.3 is 11.9 Å². The molecule has 0 fully saturated rings. The average Bonchev–Trinajstić information content (AvgIpc) is 3.13. The summed E-state index contributed by atoms with van der Waals surface area (Å²) < 4.78 is 10.3. The van der Waals surface area contributed by atoms with Gasteiger partial charge in [-0.1, -0.05) is 30.3 Å². The number of nitriles is 1. The van der Waals surface area contributed by atoms with Gasteiger partial charge in [0.05, 0.1) is 29.0 Å². The van der Waals surface area contributed by atoms with Crippen LogP contribution in [0.4, 0.5) is 5.69 Å². The molecule has 0 radical (unpaired) electrons. The van der Waals surface area contributed by atoms with Crippen LogP contribution in [0.2, 0.25) is 0 Å². The number of esters is 2. The zero-order valence-corrected chi connectivity index (χ0v) is 18.6. The molecule has 172 valence electrons. The van der Waals surface area contributed by atoms with Crippen molar-refractivity contribution in [1.29, 1.82) is 5.26 Å². The van der Waals surface area contributed by atoms with E-state index in [4.69, 9.17) is 9.47 Å². The summed E-state index contributed by atoms with van der Waals surface area (Å²) in [5.41, 5.74) is 1.24. The van der Waals surface area contributed by atoms with E-state index in [-0.39, 0.29) is 29.2 Å². The van der Waals surface area contributed by atoms with Gasteiger partial charge in [-0.05, 0) is 61.0 Å². The van der Waals surface area contributed by atoms with Crippen LogP contribution in [-0.2, 0) is 9.53 Å². The molecule has 0 bridgehead atoms. The molecule has 0 N–H and O–H groups in total. The van der Waals surface area contributed by atoms with Crippen LogP contribution >= 0.6 is 0 Å². The van der Waals surface area contributed by atoms with E-state index in [1.165, 1.54) is 24.3 Å². The Kier molecular flexibility index (Phi) is 6.51. The molecule has 4 rings (SSSR count). The van der Waals surface area contributed by atoms with Crippen LogP contribution in [0.25, 0.3) is 6.08 Å². The topological polar surface area (TPSA) is 114 Å².